The van der Waals surface area contributed by atoms with Gasteiger partial charge in [0.15, 0.2) is 0 Å². The highest BCUT2D eigenvalue weighted by molar-refractivity contribution is 9.10. The summed E-state index contributed by atoms with van der Waals surface area (Å²) in [5.74, 6) is 1.40. The van der Waals surface area contributed by atoms with Crippen LogP contribution in [-0.2, 0) is 0 Å². The Morgan fingerprint density at radius 1 is 1.32 bits per heavy atom. The van der Waals surface area contributed by atoms with Crippen molar-refractivity contribution in [3.05, 3.63) is 57.7 Å². The number of aryl methyl sites for hydroxylation is 1. The normalized spacial score (nSPS) is 12.6. The highest BCUT2D eigenvalue weighted by Crippen LogP contribution is 2.31. The molecule has 0 aliphatic rings. The van der Waals surface area contributed by atoms with Crippen LogP contribution >= 0.6 is 15.9 Å². The number of halogens is 2. The molecule has 0 fully saturated rings. The average Bonchev–Trinajstić information content (AvgIpc) is 2.81. The monoisotopic (exact) mass is 325 g/mol. The van der Waals surface area contributed by atoms with Crippen molar-refractivity contribution in [2.75, 3.05) is 6.54 Å². The first-order chi connectivity index (χ1) is 9.13. The zero-order valence-electron chi connectivity index (χ0n) is 11.0. The molecule has 0 saturated heterocycles. The predicted molar refractivity (Wildman–Crippen MR) is 77.7 cm³/mol. The summed E-state index contributed by atoms with van der Waals surface area (Å²) >= 11 is 3.32. The molecule has 0 aliphatic carbocycles. The van der Waals surface area contributed by atoms with Gasteiger partial charge in [-0.05, 0) is 59.6 Å². The van der Waals surface area contributed by atoms with Gasteiger partial charge in [-0.2, -0.15) is 0 Å². The largest absolute Gasteiger partial charge is 0.464 e. The first-order valence-corrected chi connectivity index (χ1v) is 7.16. The number of rotatable bonds is 5. The third kappa shape index (κ3) is 3.25. The second-order valence-electron chi connectivity index (χ2n) is 4.48. The third-order valence-corrected chi connectivity index (χ3v) is 3.77. The van der Waals surface area contributed by atoms with Gasteiger partial charge in [0.05, 0.1) is 10.5 Å². The minimum atomic E-state index is -0.260. The molecule has 0 bridgehead atoms. The van der Waals surface area contributed by atoms with E-state index >= 15 is 0 Å². The van der Waals surface area contributed by atoms with Crippen molar-refractivity contribution in [2.45, 2.75) is 26.3 Å². The molecule has 19 heavy (non-hydrogen) atoms. The Hall–Kier alpha value is -1.13. The van der Waals surface area contributed by atoms with Crippen molar-refractivity contribution in [2.24, 2.45) is 0 Å². The van der Waals surface area contributed by atoms with E-state index in [0.29, 0.717) is 4.47 Å². The van der Waals surface area contributed by atoms with E-state index in [0.717, 1.165) is 30.0 Å². The number of nitrogens with one attached hydrogen (secondary N) is 1. The highest BCUT2D eigenvalue weighted by Gasteiger charge is 2.20. The zero-order chi connectivity index (χ0) is 13.8. The molecule has 4 heteroatoms. The Balaban J connectivity index is 2.39. The lowest BCUT2D eigenvalue weighted by Crippen LogP contribution is -2.23. The maximum Gasteiger partial charge on any atom is 0.137 e. The van der Waals surface area contributed by atoms with Crippen LogP contribution in [0.15, 0.2) is 39.2 Å². The van der Waals surface area contributed by atoms with Gasteiger partial charge < -0.3 is 9.73 Å². The summed E-state index contributed by atoms with van der Waals surface area (Å²) < 4.78 is 19.8. The summed E-state index contributed by atoms with van der Waals surface area (Å²) in [6.45, 7) is 4.84. The Kier molecular flexibility index (Phi) is 4.77. The van der Waals surface area contributed by atoms with Gasteiger partial charge >= 0.3 is 0 Å². The molecule has 1 heterocycles. The average molecular weight is 326 g/mol. The smallest absolute Gasteiger partial charge is 0.137 e. The third-order valence-electron chi connectivity index (χ3n) is 2.94. The molecule has 0 radical (unpaired) electrons. The minimum absolute atomic E-state index is 0.140. The summed E-state index contributed by atoms with van der Waals surface area (Å²) in [6.07, 6.45) is 1.00. The van der Waals surface area contributed by atoms with Crippen LogP contribution in [0.25, 0.3) is 0 Å². The van der Waals surface area contributed by atoms with Gasteiger partial charge in [-0.1, -0.05) is 19.1 Å². The van der Waals surface area contributed by atoms with Crippen LogP contribution in [0.4, 0.5) is 4.39 Å². The quantitative estimate of drug-likeness (QED) is 0.870. The fourth-order valence-electron chi connectivity index (χ4n) is 2.00. The van der Waals surface area contributed by atoms with Gasteiger partial charge in [0.1, 0.15) is 17.3 Å². The number of furan rings is 1. The van der Waals surface area contributed by atoms with Crippen molar-refractivity contribution in [3.63, 3.8) is 0 Å². The van der Waals surface area contributed by atoms with Crippen molar-refractivity contribution < 1.29 is 8.81 Å². The second-order valence-corrected chi connectivity index (χ2v) is 5.27. The van der Waals surface area contributed by atoms with Crippen molar-refractivity contribution >= 4 is 15.9 Å². The van der Waals surface area contributed by atoms with E-state index in [2.05, 4.69) is 28.2 Å². The molecule has 0 saturated carbocycles. The van der Waals surface area contributed by atoms with E-state index in [4.69, 9.17) is 4.42 Å². The molecular formula is C15H17BrFNO. The van der Waals surface area contributed by atoms with Crippen LogP contribution in [-0.4, -0.2) is 6.54 Å². The molecule has 0 aliphatic heterocycles. The maximum absolute atomic E-state index is 13.7. The van der Waals surface area contributed by atoms with Crippen molar-refractivity contribution in [1.82, 2.24) is 5.32 Å². The van der Waals surface area contributed by atoms with Crippen LogP contribution < -0.4 is 5.32 Å². The van der Waals surface area contributed by atoms with Gasteiger partial charge in [-0.15, -0.1) is 0 Å². The Morgan fingerprint density at radius 2 is 2.11 bits per heavy atom. The van der Waals surface area contributed by atoms with Crippen LogP contribution in [0.1, 0.15) is 36.5 Å². The van der Waals surface area contributed by atoms with Gasteiger partial charge in [0, 0.05) is 0 Å². The van der Waals surface area contributed by atoms with E-state index in [9.17, 15) is 4.39 Å². The van der Waals surface area contributed by atoms with E-state index in [1.54, 1.807) is 6.07 Å². The first-order valence-electron chi connectivity index (χ1n) is 6.37. The lowest BCUT2D eigenvalue weighted by atomic mass is 10.0. The molecule has 1 aromatic carbocycles. The number of hydrogen-bond acceptors (Lipinski definition) is 2. The topological polar surface area (TPSA) is 25.2 Å². The first kappa shape index (κ1) is 14.3. The van der Waals surface area contributed by atoms with Crippen molar-refractivity contribution in [1.29, 1.82) is 0 Å². The molecule has 0 amide bonds. The molecule has 1 unspecified atom stereocenters. The van der Waals surface area contributed by atoms with Crippen LogP contribution in [0.3, 0.4) is 0 Å². The second kappa shape index (κ2) is 6.35. The number of hydrogen-bond donors (Lipinski definition) is 1. The summed E-state index contributed by atoms with van der Waals surface area (Å²) in [4.78, 5) is 0. The molecule has 2 nitrogen and oxygen atoms in total. The molecule has 0 spiro atoms. The maximum atomic E-state index is 13.7. The van der Waals surface area contributed by atoms with E-state index < -0.39 is 0 Å². The summed E-state index contributed by atoms with van der Waals surface area (Å²) in [7, 11) is 0. The standard InChI is InChI=1S/C15H17BrFNO/c1-3-9-18-15(13-8-7-10(2)19-13)11-5-4-6-12(17)14(11)16/h4-8,15,18H,3,9H2,1-2H3. The van der Waals surface area contributed by atoms with Crippen molar-refractivity contribution in [3.8, 4) is 0 Å². The summed E-state index contributed by atoms with van der Waals surface area (Å²) in [5.41, 5.74) is 0.850. The van der Waals surface area contributed by atoms with Gasteiger partial charge in [0.25, 0.3) is 0 Å². The van der Waals surface area contributed by atoms with Gasteiger partial charge in [0.2, 0.25) is 0 Å². The Bertz CT molecular complexity index is 553. The van der Waals surface area contributed by atoms with Gasteiger partial charge in [-0.25, -0.2) is 4.39 Å². The fraction of sp³-hybridized carbons (Fsp3) is 0.333. The fourth-order valence-corrected chi connectivity index (χ4v) is 2.50. The van der Waals surface area contributed by atoms with E-state index in [-0.39, 0.29) is 11.9 Å². The lowest BCUT2D eigenvalue weighted by Gasteiger charge is -2.18. The van der Waals surface area contributed by atoms with Gasteiger partial charge in [-0.3, -0.25) is 0 Å². The SMILES string of the molecule is CCCNC(c1ccc(C)o1)c1cccc(F)c1Br. The zero-order valence-corrected chi connectivity index (χ0v) is 12.6. The Morgan fingerprint density at radius 3 is 2.74 bits per heavy atom. The molecule has 102 valence electrons. The Labute approximate surface area is 121 Å². The minimum Gasteiger partial charge on any atom is -0.464 e. The molecule has 2 rings (SSSR count). The molecule has 1 aromatic heterocycles. The molecule has 2 aromatic rings. The summed E-state index contributed by atoms with van der Waals surface area (Å²) in [5, 5.41) is 3.39. The molecule has 1 N–H and O–H groups in total. The summed E-state index contributed by atoms with van der Waals surface area (Å²) in [6, 6.07) is 8.77. The highest BCUT2D eigenvalue weighted by atomic mass is 79.9. The number of benzene rings is 1. The van der Waals surface area contributed by atoms with E-state index in [1.807, 2.05) is 25.1 Å². The van der Waals surface area contributed by atoms with Crippen LogP contribution in [0, 0.1) is 12.7 Å². The predicted octanol–water partition coefficient (Wildman–Crippen LogP) is 4.58. The van der Waals surface area contributed by atoms with Crippen LogP contribution in [0.2, 0.25) is 0 Å². The van der Waals surface area contributed by atoms with Crippen LogP contribution in [0.5, 0.6) is 0 Å². The molecular weight excluding hydrogens is 309 g/mol. The molecule has 1 atom stereocenters. The lowest BCUT2D eigenvalue weighted by molar-refractivity contribution is 0.429. The van der Waals surface area contributed by atoms with E-state index in [1.165, 1.54) is 6.07 Å².